The summed E-state index contributed by atoms with van der Waals surface area (Å²) >= 11 is 0. The molecule has 6 heteroatoms. The number of carboxylic acids is 1. The molecular weight excluding hydrogens is 342 g/mol. The molecule has 0 radical (unpaired) electrons. The minimum absolute atomic E-state index is 0.0338. The minimum atomic E-state index is -0.962. The van der Waals surface area contributed by atoms with Crippen LogP contribution in [0.1, 0.15) is 47.5 Å². The Morgan fingerprint density at radius 1 is 1.04 bits per heavy atom. The van der Waals surface area contributed by atoms with E-state index in [0.717, 1.165) is 18.9 Å². The fraction of sp³-hybridized carbons (Fsp3) is 0.381. The Bertz CT molecular complexity index is 754. The van der Waals surface area contributed by atoms with Gasteiger partial charge in [0.1, 0.15) is 5.82 Å². The first-order valence-corrected chi connectivity index (χ1v) is 9.42. The van der Waals surface area contributed by atoms with Crippen LogP contribution in [0, 0.1) is 0 Å². The van der Waals surface area contributed by atoms with E-state index in [1.165, 1.54) is 25.7 Å². The normalized spacial score (nSPS) is 15.6. The van der Waals surface area contributed by atoms with E-state index < -0.39 is 11.9 Å². The number of aliphatic carboxylic acids is 1. The van der Waals surface area contributed by atoms with Gasteiger partial charge < -0.3 is 15.3 Å². The first-order valence-electron chi connectivity index (χ1n) is 9.42. The number of hydrogen-bond acceptors (Lipinski definition) is 4. The van der Waals surface area contributed by atoms with Crippen LogP contribution < -0.4 is 10.2 Å². The first kappa shape index (κ1) is 18.9. The van der Waals surface area contributed by atoms with E-state index in [-0.39, 0.29) is 12.5 Å². The molecule has 1 aliphatic rings. The van der Waals surface area contributed by atoms with Crippen LogP contribution in [0.15, 0.2) is 48.7 Å². The van der Waals surface area contributed by atoms with Crippen molar-refractivity contribution in [2.75, 3.05) is 24.5 Å². The van der Waals surface area contributed by atoms with E-state index in [0.29, 0.717) is 11.1 Å². The van der Waals surface area contributed by atoms with Crippen LogP contribution in [0.3, 0.4) is 0 Å². The molecule has 1 atom stereocenters. The molecule has 1 saturated heterocycles. The molecule has 2 N–H and O–H groups in total. The third-order valence-electron chi connectivity index (χ3n) is 4.91. The fourth-order valence-corrected chi connectivity index (χ4v) is 3.34. The number of pyridine rings is 1. The molecule has 1 aromatic carbocycles. The highest BCUT2D eigenvalue weighted by Gasteiger charge is 2.21. The van der Waals surface area contributed by atoms with E-state index in [4.69, 9.17) is 0 Å². The number of carboxylic acid groups (broad SMARTS) is 1. The number of benzene rings is 1. The van der Waals surface area contributed by atoms with Crippen LogP contribution in [-0.4, -0.2) is 41.6 Å². The maximum atomic E-state index is 12.4. The van der Waals surface area contributed by atoms with Gasteiger partial charge in [0.2, 0.25) is 0 Å². The number of rotatable bonds is 6. The van der Waals surface area contributed by atoms with Gasteiger partial charge in [-0.05, 0) is 30.5 Å². The minimum Gasteiger partial charge on any atom is -0.481 e. The van der Waals surface area contributed by atoms with E-state index >= 15 is 0 Å². The molecule has 3 rings (SSSR count). The van der Waals surface area contributed by atoms with Gasteiger partial charge in [0.15, 0.2) is 0 Å². The monoisotopic (exact) mass is 367 g/mol. The van der Waals surface area contributed by atoms with Gasteiger partial charge in [-0.2, -0.15) is 0 Å². The number of nitrogens with zero attached hydrogens (tertiary/aromatic N) is 2. The lowest BCUT2D eigenvalue weighted by Crippen LogP contribution is -2.32. The number of anilines is 1. The predicted octanol–water partition coefficient (Wildman–Crippen LogP) is 3.06. The highest BCUT2D eigenvalue weighted by atomic mass is 16.4. The van der Waals surface area contributed by atoms with Crippen molar-refractivity contribution in [2.24, 2.45) is 0 Å². The highest BCUT2D eigenvalue weighted by Crippen LogP contribution is 2.18. The first-order chi connectivity index (χ1) is 13.1. The Morgan fingerprint density at radius 3 is 2.33 bits per heavy atom. The lowest BCUT2D eigenvalue weighted by Gasteiger charge is -2.21. The molecule has 0 bridgehead atoms. The van der Waals surface area contributed by atoms with Gasteiger partial charge in [0, 0.05) is 25.8 Å². The van der Waals surface area contributed by atoms with Crippen LogP contribution in [0.2, 0.25) is 0 Å². The Kier molecular flexibility index (Phi) is 6.41. The van der Waals surface area contributed by atoms with E-state index in [9.17, 15) is 14.7 Å². The average Bonchev–Trinajstić information content (AvgIpc) is 2.98. The van der Waals surface area contributed by atoms with Crippen LogP contribution in [0.25, 0.3) is 0 Å². The molecule has 1 aliphatic heterocycles. The molecule has 0 saturated carbocycles. The van der Waals surface area contributed by atoms with Gasteiger partial charge in [-0.25, -0.2) is 4.98 Å². The van der Waals surface area contributed by atoms with Gasteiger partial charge in [0.05, 0.1) is 11.5 Å². The maximum absolute atomic E-state index is 12.4. The molecule has 27 heavy (non-hydrogen) atoms. The summed E-state index contributed by atoms with van der Waals surface area (Å²) in [7, 11) is 0. The van der Waals surface area contributed by atoms with Crippen molar-refractivity contribution < 1.29 is 14.7 Å². The van der Waals surface area contributed by atoms with Crippen molar-refractivity contribution in [1.82, 2.24) is 10.3 Å². The van der Waals surface area contributed by atoms with Crippen molar-refractivity contribution in [1.29, 1.82) is 0 Å². The Balaban J connectivity index is 1.61. The molecule has 1 fully saturated rings. The third-order valence-corrected chi connectivity index (χ3v) is 4.91. The fourth-order valence-electron chi connectivity index (χ4n) is 3.34. The van der Waals surface area contributed by atoms with Crippen molar-refractivity contribution >= 4 is 17.7 Å². The lowest BCUT2D eigenvalue weighted by atomic mass is 9.99. The Morgan fingerprint density at radius 2 is 1.74 bits per heavy atom. The Hall–Kier alpha value is -2.89. The third kappa shape index (κ3) is 5.06. The number of amides is 1. The SMILES string of the molecule is O=C(NCC(C(=O)O)c1ccccc1)c1ccc(N2CCCCCC2)nc1. The zero-order chi connectivity index (χ0) is 19.1. The summed E-state index contributed by atoms with van der Waals surface area (Å²) in [5, 5.41) is 12.2. The second-order valence-corrected chi connectivity index (χ2v) is 6.82. The summed E-state index contributed by atoms with van der Waals surface area (Å²) < 4.78 is 0. The van der Waals surface area contributed by atoms with Crippen molar-refractivity contribution in [3.63, 3.8) is 0 Å². The maximum Gasteiger partial charge on any atom is 0.312 e. The standard InChI is InChI=1S/C21H25N3O3/c25-20(23-15-18(21(26)27)16-8-4-3-5-9-16)17-10-11-19(22-14-17)24-12-6-1-2-7-13-24/h3-5,8-11,14,18H,1-2,6-7,12-13,15H2,(H,23,25)(H,26,27). The van der Waals surface area contributed by atoms with Gasteiger partial charge in [0.25, 0.3) is 5.91 Å². The molecule has 2 aromatic rings. The van der Waals surface area contributed by atoms with E-state index in [2.05, 4.69) is 15.2 Å². The molecular formula is C21H25N3O3. The summed E-state index contributed by atoms with van der Waals surface area (Å²) in [6.45, 7) is 2.03. The molecule has 1 amide bonds. The molecule has 2 heterocycles. The average molecular weight is 367 g/mol. The molecule has 6 nitrogen and oxygen atoms in total. The van der Waals surface area contributed by atoms with Crippen molar-refractivity contribution in [3.05, 3.63) is 59.8 Å². The molecule has 0 spiro atoms. The number of hydrogen-bond donors (Lipinski definition) is 2. The summed E-state index contributed by atoms with van der Waals surface area (Å²) in [4.78, 5) is 30.6. The Labute approximate surface area is 159 Å². The van der Waals surface area contributed by atoms with Crippen LogP contribution in [0.5, 0.6) is 0 Å². The number of aromatic nitrogens is 1. The lowest BCUT2D eigenvalue weighted by molar-refractivity contribution is -0.138. The van der Waals surface area contributed by atoms with Gasteiger partial charge in [-0.3, -0.25) is 9.59 Å². The van der Waals surface area contributed by atoms with Gasteiger partial charge in [-0.15, -0.1) is 0 Å². The number of carbonyl (C=O) groups is 2. The predicted molar refractivity (Wildman–Crippen MR) is 104 cm³/mol. The zero-order valence-corrected chi connectivity index (χ0v) is 15.3. The quantitative estimate of drug-likeness (QED) is 0.820. The van der Waals surface area contributed by atoms with Crippen LogP contribution in [0.4, 0.5) is 5.82 Å². The molecule has 1 aromatic heterocycles. The summed E-state index contributed by atoms with van der Waals surface area (Å²) in [5.74, 6) is -1.16. The second-order valence-electron chi connectivity index (χ2n) is 6.82. The second kappa shape index (κ2) is 9.16. The van der Waals surface area contributed by atoms with Gasteiger partial charge in [-0.1, -0.05) is 43.2 Å². The highest BCUT2D eigenvalue weighted by molar-refractivity contribution is 5.94. The zero-order valence-electron chi connectivity index (χ0n) is 15.3. The summed E-state index contributed by atoms with van der Waals surface area (Å²) in [6, 6.07) is 12.5. The van der Waals surface area contributed by atoms with Crippen molar-refractivity contribution in [3.8, 4) is 0 Å². The largest absolute Gasteiger partial charge is 0.481 e. The number of nitrogens with one attached hydrogen (secondary N) is 1. The van der Waals surface area contributed by atoms with E-state index in [1.54, 1.807) is 36.5 Å². The van der Waals surface area contributed by atoms with E-state index in [1.807, 2.05) is 12.1 Å². The number of carbonyl (C=O) groups excluding carboxylic acids is 1. The molecule has 0 aliphatic carbocycles. The summed E-state index contributed by atoms with van der Waals surface area (Å²) in [5.41, 5.74) is 1.10. The van der Waals surface area contributed by atoms with Crippen molar-refractivity contribution in [2.45, 2.75) is 31.6 Å². The molecule has 1 unspecified atom stereocenters. The van der Waals surface area contributed by atoms with Crippen LogP contribution in [-0.2, 0) is 4.79 Å². The van der Waals surface area contributed by atoms with Crippen LogP contribution >= 0.6 is 0 Å². The summed E-state index contributed by atoms with van der Waals surface area (Å²) in [6.07, 6.45) is 6.40. The smallest absolute Gasteiger partial charge is 0.312 e. The van der Waals surface area contributed by atoms with Gasteiger partial charge >= 0.3 is 5.97 Å². The topological polar surface area (TPSA) is 82.5 Å². The molecule has 142 valence electrons.